The zero-order chi connectivity index (χ0) is 24.3. The van der Waals surface area contributed by atoms with E-state index in [4.69, 9.17) is 9.47 Å². The lowest BCUT2D eigenvalue weighted by Gasteiger charge is -2.36. The second-order valence-corrected chi connectivity index (χ2v) is 11.6. The van der Waals surface area contributed by atoms with Gasteiger partial charge in [0, 0.05) is 0 Å². The van der Waals surface area contributed by atoms with E-state index in [1.807, 2.05) is 67.6 Å². The number of carbonyl (C=O) groups excluding carboxylic acids is 1. The summed E-state index contributed by atoms with van der Waals surface area (Å²) in [7, 11) is 1.66. The van der Waals surface area contributed by atoms with Gasteiger partial charge in [-0.25, -0.2) is 4.79 Å². The number of rotatable bonds is 6. The average Bonchev–Trinajstić information content (AvgIpc) is 2.93. The van der Waals surface area contributed by atoms with Crippen molar-refractivity contribution in [2.75, 3.05) is 13.7 Å². The summed E-state index contributed by atoms with van der Waals surface area (Å²) >= 11 is 0. The van der Waals surface area contributed by atoms with E-state index in [9.17, 15) is 4.79 Å². The van der Waals surface area contributed by atoms with Crippen LogP contribution in [-0.4, -0.2) is 25.0 Å². The molecule has 0 saturated carbocycles. The first-order valence-electron chi connectivity index (χ1n) is 11.7. The maximum atomic E-state index is 13.8. The lowest BCUT2D eigenvalue weighted by atomic mass is 9.96. The Morgan fingerprint density at radius 2 is 1.31 bits per heavy atom. The lowest BCUT2D eigenvalue weighted by molar-refractivity contribution is -0.134. The summed E-state index contributed by atoms with van der Waals surface area (Å²) in [6.07, 6.45) is 2.07. The molecular weight excluding hydrogens is 451 g/mol. The van der Waals surface area contributed by atoms with Gasteiger partial charge in [0.25, 0.3) is 0 Å². The van der Waals surface area contributed by atoms with Crippen LogP contribution in [0.3, 0.4) is 0 Å². The van der Waals surface area contributed by atoms with Crippen LogP contribution in [0.5, 0.6) is 5.75 Å². The molecule has 1 aliphatic heterocycles. The standard InChI is InChI=1S/C31H27O3P/c1-3-34-31(32)30-22-28(23-18-20-24(33-2)21-19-23)27-16-10-11-17-29(27)35(30,25-12-6-4-7-13-25)26-14-8-5-9-15-26/h4-22H,3H2,1-2H3. The predicted molar refractivity (Wildman–Crippen MR) is 147 cm³/mol. The zero-order valence-electron chi connectivity index (χ0n) is 19.8. The van der Waals surface area contributed by atoms with Crippen LogP contribution in [0.25, 0.3) is 5.57 Å². The second kappa shape index (κ2) is 9.82. The summed E-state index contributed by atoms with van der Waals surface area (Å²) in [5.41, 5.74) is 3.17. The number of benzene rings is 4. The first-order valence-corrected chi connectivity index (χ1v) is 13.5. The molecule has 0 radical (unpaired) electrons. The van der Waals surface area contributed by atoms with E-state index >= 15 is 0 Å². The van der Waals surface area contributed by atoms with Crippen LogP contribution >= 0.6 is 6.89 Å². The first kappa shape index (κ1) is 23.0. The number of hydrogen-bond acceptors (Lipinski definition) is 3. The van der Waals surface area contributed by atoms with Gasteiger partial charge >= 0.3 is 5.97 Å². The quantitative estimate of drug-likeness (QED) is 0.283. The molecule has 0 aliphatic carbocycles. The van der Waals surface area contributed by atoms with Crippen LogP contribution in [0.1, 0.15) is 18.1 Å². The van der Waals surface area contributed by atoms with E-state index in [0.717, 1.165) is 38.4 Å². The van der Waals surface area contributed by atoms with Crippen LogP contribution in [0.4, 0.5) is 0 Å². The highest BCUT2D eigenvalue weighted by Crippen LogP contribution is 2.51. The number of hydrogen-bond donors (Lipinski definition) is 0. The number of esters is 1. The summed E-state index contributed by atoms with van der Waals surface area (Å²) in [4.78, 5) is 13.8. The Hall–Kier alpha value is -3.81. The molecule has 0 spiro atoms. The highest BCUT2D eigenvalue weighted by atomic mass is 31.2. The van der Waals surface area contributed by atoms with Gasteiger partial charge in [0.05, 0.1) is 19.0 Å². The molecular formula is C31H27O3P. The molecule has 0 bridgehead atoms. The van der Waals surface area contributed by atoms with Crippen molar-refractivity contribution in [1.29, 1.82) is 0 Å². The van der Waals surface area contributed by atoms with Crippen LogP contribution in [0.2, 0.25) is 0 Å². The molecule has 0 N–H and O–H groups in total. The molecule has 3 nitrogen and oxygen atoms in total. The molecule has 174 valence electrons. The van der Waals surface area contributed by atoms with Crippen molar-refractivity contribution in [3.05, 3.63) is 126 Å². The molecule has 4 aromatic rings. The van der Waals surface area contributed by atoms with Crippen LogP contribution in [0.15, 0.2) is 115 Å². The highest BCUT2D eigenvalue weighted by Gasteiger charge is 2.37. The fourth-order valence-corrected chi connectivity index (χ4v) is 9.29. The van der Waals surface area contributed by atoms with Gasteiger partial charge in [-0.3, -0.25) is 0 Å². The summed E-state index contributed by atoms with van der Waals surface area (Å²) < 4.78 is 11.1. The molecule has 0 unspecified atom stereocenters. The summed E-state index contributed by atoms with van der Waals surface area (Å²) in [5, 5.41) is 4.13. The first-order chi connectivity index (χ1) is 17.2. The number of carbonyl (C=O) groups is 1. The molecule has 5 rings (SSSR count). The van der Waals surface area contributed by atoms with Crippen molar-refractivity contribution in [3.8, 4) is 5.75 Å². The topological polar surface area (TPSA) is 35.5 Å². The third kappa shape index (κ3) is 3.92. The molecule has 1 heterocycles. The van der Waals surface area contributed by atoms with Gasteiger partial charge in [0.2, 0.25) is 0 Å². The average molecular weight is 479 g/mol. The number of fused-ring (bicyclic) bond motifs is 1. The Balaban J connectivity index is 1.96. The SMILES string of the molecule is CCOC(=O)C1=P(c2ccccc2)(c2ccccc2)c2ccccc2C(c2ccc(OC)cc2)=C1. The largest absolute Gasteiger partial charge is 0.497 e. The van der Waals surface area contributed by atoms with Gasteiger partial charge in [-0.05, 0) is 64.6 Å². The molecule has 0 atom stereocenters. The Labute approximate surface area is 206 Å². The van der Waals surface area contributed by atoms with Crippen molar-refractivity contribution >= 4 is 39.6 Å². The monoisotopic (exact) mass is 478 g/mol. The number of ether oxygens (including phenoxy) is 2. The van der Waals surface area contributed by atoms with E-state index in [1.54, 1.807) is 7.11 Å². The van der Waals surface area contributed by atoms with Crippen molar-refractivity contribution in [1.82, 2.24) is 0 Å². The minimum absolute atomic E-state index is 0.269. The Morgan fingerprint density at radius 3 is 1.89 bits per heavy atom. The van der Waals surface area contributed by atoms with E-state index < -0.39 is 6.89 Å². The van der Waals surface area contributed by atoms with E-state index in [0.29, 0.717) is 11.9 Å². The Bertz CT molecular complexity index is 1390. The fourth-order valence-electron chi connectivity index (χ4n) is 4.85. The maximum absolute atomic E-state index is 13.8. The Morgan fingerprint density at radius 1 is 0.743 bits per heavy atom. The smallest absolute Gasteiger partial charge is 0.339 e. The minimum Gasteiger partial charge on any atom is -0.497 e. The third-order valence-corrected chi connectivity index (χ3v) is 10.7. The van der Waals surface area contributed by atoms with E-state index in [-0.39, 0.29) is 5.97 Å². The van der Waals surface area contributed by atoms with Gasteiger partial charge in [-0.1, -0.05) is 97.1 Å². The molecule has 0 amide bonds. The Kier molecular flexibility index (Phi) is 6.44. The molecule has 4 heteroatoms. The van der Waals surface area contributed by atoms with Crippen LogP contribution in [-0.2, 0) is 9.53 Å². The van der Waals surface area contributed by atoms with Gasteiger partial charge < -0.3 is 9.47 Å². The van der Waals surface area contributed by atoms with Crippen molar-refractivity contribution < 1.29 is 14.3 Å². The van der Waals surface area contributed by atoms with Gasteiger partial charge in [-0.15, -0.1) is 0 Å². The lowest BCUT2D eigenvalue weighted by Crippen LogP contribution is -2.37. The maximum Gasteiger partial charge on any atom is 0.339 e. The highest BCUT2D eigenvalue weighted by molar-refractivity contribution is 7.97. The van der Waals surface area contributed by atoms with Gasteiger partial charge in [-0.2, -0.15) is 0 Å². The van der Waals surface area contributed by atoms with Crippen LogP contribution in [0, 0.1) is 0 Å². The minimum atomic E-state index is -2.51. The van der Waals surface area contributed by atoms with E-state index in [2.05, 4.69) is 54.6 Å². The normalized spacial score (nSPS) is 14.0. The second-order valence-electron chi connectivity index (χ2n) is 8.25. The van der Waals surface area contributed by atoms with Crippen molar-refractivity contribution in [2.24, 2.45) is 0 Å². The van der Waals surface area contributed by atoms with Crippen molar-refractivity contribution in [2.45, 2.75) is 6.92 Å². The fraction of sp³-hybridized carbons (Fsp3) is 0.0968. The zero-order valence-corrected chi connectivity index (χ0v) is 20.7. The molecule has 35 heavy (non-hydrogen) atoms. The summed E-state index contributed by atoms with van der Waals surface area (Å²) in [6, 6.07) is 37.3. The van der Waals surface area contributed by atoms with Gasteiger partial charge in [0.1, 0.15) is 5.75 Å². The number of methoxy groups -OCH3 is 1. The molecule has 0 aromatic heterocycles. The van der Waals surface area contributed by atoms with Crippen molar-refractivity contribution in [3.63, 3.8) is 0 Å². The molecule has 4 aromatic carbocycles. The summed E-state index contributed by atoms with van der Waals surface area (Å²) in [5.74, 6) is 0.525. The third-order valence-electron chi connectivity index (χ3n) is 6.37. The molecule has 0 fully saturated rings. The van der Waals surface area contributed by atoms with Gasteiger partial charge in [0.15, 0.2) is 0 Å². The molecule has 1 aliphatic rings. The van der Waals surface area contributed by atoms with E-state index in [1.165, 1.54) is 0 Å². The van der Waals surface area contributed by atoms with Crippen LogP contribution < -0.4 is 20.7 Å². The summed E-state index contributed by atoms with van der Waals surface area (Å²) in [6.45, 7) is -0.339. The predicted octanol–water partition coefficient (Wildman–Crippen LogP) is 5.17. The molecule has 0 saturated heterocycles.